The van der Waals surface area contributed by atoms with Gasteiger partial charge in [0.2, 0.25) is 0 Å². The third kappa shape index (κ3) is 5.27. The Morgan fingerprint density at radius 1 is 0.618 bits per heavy atom. The predicted octanol–water partition coefficient (Wildman–Crippen LogP) is 8.34. The third-order valence-electron chi connectivity index (χ3n) is 5.62. The quantitative estimate of drug-likeness (QED) is 0.196. The summed E-state index contributed by atoms with van der Waals surface area (Å²) in [5.74, 6) is 0.0560. The molecule has 0 saturated carbocycles. The van der Waals surface area contributed by atoms with Gasteiger partial charge in [0.15, 0.2) is 20.5 Å². The summed E-state index contributed by atoms with van der Waals surface area (Å²) < 4.78 is 0. The van der Waals surface area contributed by atoms with Crippen molar-refractivity contribution in [2.75, 3.05) is 0 Å². The molecule has 5 rings (SSSR count). The van der Waals surface area contributed by atoms with Gasteiger partial charge in [-0.15, -0.1) is 0 Å². The van der Waals surface area contributed by atoms with Crippen LogP contribution in [0.3, 0.4) is 0 Å². The molecule has 1 aliphatic rings. The SMILES string of the molecule is O=C(c1ccccc1)c1ccc(Sc2ccc([S+](C3=CCCC=C3)c3ccccc3)cc2)cc1. The highest BCUT2D eigenvalue weighted by Crippen LogP contribution is 2.35. The first-order valence-electron chi connectivity index (χ1n) is 11.4. The molecule has 0 bridgehead atoms. The third-order valence-corrected chi connectivity index (χ3v) is 8.90. The van der Waals surface area contributed by atoms with Crippen molar-refractivity contribution in [2.24, 2.45) is 0 Å². The molecule has 0 aliphatic heterocycles. The van der Waals surface area contributed by atoms with Crippen molar-refractivity contribution in [1.82, 2.24) is 0 Å². The number of carbonyl (C=O) groups excluding carboxylic acids is 1. The topological polar surface area (TPSA) is 17.1 Å². The van der Waals surface area contributed by atoms with E-state index in [0.29, 0.717) is 5.56 Å². The number of hydrogen-bond acceptors (Lipinski definition) is 2. The summed E-state index contributed by atoms with van der Waals surface area (Å²) in [7, 11) is -0.0915. The highest BCUT2D eigenvalue weighted by Gasteiger charge is 2.29. The first-order chi connectivity index (χ1) is 16.8. The lowest BCUT2D eigenvalue weighted by atomic mass is 10.0. The Morgan fingerprint density at radius 3 is 1.79 bits per heavy atom. The van der Waals surface area contributed by atoms with E-state index in [0.717, 1.165) is 23.3 Å². The first kappa shape index (κ1) is 22.5. The van der Waals surface area contributed by atoms with Crippen LogP contribution < -0.4 is 0 Å². The molecule has 0 radical (unpaired) electrons. The van der Waals surface area contributed by atoms with Crippen molar-refractivity contribution in [2.45, 2.75) is 32.4 Å². The van der Waals surface area contributed by atoms with Crippen molar-refractivity contribution in [3.05, 3.63) is 143 Å². The number of hydrogen-bond donors (Lipinski definition) is 0. The molecule has 166 valence electrons. The molecule has 1 unspecified atom stereocenters. The molecule has 0 aromatic heterocycles. The first-order valence-corrected chi connectivity index (χ1v) is 13.5. The molecular formula is C31H25OS2+. The minimum Gasteiger partial charge on any atom is -0.289 e. The maximum atomic E-state index is 12.6. The van der Waals surface area contributed by atoms with E-state index in [9.17, 15) is 4.79 Å². The van der Waals surface area contributed by atoms with Crippen LogP contribution in [0.2, 0.25) is 0 Å². The Kier molecular flexibility index (Phi) is 7.13. The van der Waals surface area contributed by atoms with Crippen LogP contribution in [0, 0.1) is 0 Å². The molecule has 3 heteroatoms. The lowest BCUT2D eigenvalue weighted by Crippen LogP contribution is -2.07. The van der Waals surface area contributed by atoms with Gasteiger partial charge in [-0.1, -0.05) is 66.4 Å². The van der Waals surface area contributed by atoms with Gasteiger partial charge < -0.3 is 0 Å². The average molecular weight is 478 g/mol. The number of ketones is 1. The minimum absolute atomic E-state index is 0.0560. The van der Waals surface area contributed by atoms with Crippen molar-refractivity contribution >= 4 is 28.4 Å². The highest BCUT2D eigenvalue weighted by molar-refractivity contribution is 8.01. The monoisotopic (exact) mass is 477 g/mol. The smallest absolute Gasteiger partial charge is 0.193 e. The van der Waals surface area contributed by atoms with Crippen molar-refractivity contribution < 1.29 is 4.79 Å². The fraction of sp³-hybridized carbons (Fsp3) is 0.0645. The van der Waals surface area contributed by atoms with E-state index in [4.69, 9.17) is 0 Å². The normalized spacial score (nSPS) is 13.8. The van der Waals surface area contributed by atoms with Gasteiger partial charge >= 0.3 is 0 Å². The lowest BCUT2D eigenvalue weighted by molar-refractivity contribution is 0.103. The van der Waals surface area contributed by atoms with E-state index in [1.54, 1.807) is 11.8 Å². The molecule has 0 N–H and O–H groups in total. The number of benzene rings is 4. The summed E-state index contributed by atoms with van der Waals surface area (Å²) >= 11 is 1.72. The summed E-state index contributed by atoms with van der Waals surface area (Å²) in [4.78, 5) is 19.0. The minimum atomic E-state index is -0.0915. The van der Waals surface area contributed by atoms with Gasteiger partial charge in [0.1, 0.15) is 0 Å². The van der Waals surface area contributed by atoms with Crippen LogP contribution >= 0.6 is 11.8 Å². The summed E-state index contributed by atoms with van der Waals surface area (Å²) in [5, 5.41) is 0. The zero-order valence-corrected chi connectivity index (χ0v) is 20.4. The number of allylic oxidation sites excluding steroid dienone is 3. The summed E-state index contributed by atoms with van der Waals surface area (Å²) in [6, 6.07) is 37.0. The summed E-state index contributed by atoms with van der Waals surface area (Å²) in [5.41, 5.74) is 1.43. The van der Waals surface area contributed by atoms with Gasteiger partial charge in [0.05, 0.1) is 10.9 Å². The maximum Gasteiger partial charge on any atom is 0.193 e. The number of rotatable bonds is 7. The molecule has 0 amide bonds. The average Bonchev–Trinajstić information content (AvgIpc) is 2.92. The van der Waals surface area contributed by atoms with Crippen molar-refractivity contribution in [1.29, 1.82) is 0 Å². The fourth-order valence-electron chi connectivity index (χ4n) is 3.92. The molecule has 0 heterocycles. The second kappa shape index (κ2) is 10.8. The van der Waals surface area contributed by atoms with Gasteiger partial charge in [-0.05, 0) is 85.7 Å². The Hall–Kier alpha value is -3.27. The molecule has 34 heavy (non-hydrogen) atoms. The van der Waals surface area contributed by atoms with Gasteiger partial charge in [-0.3, -0.25) is 4.79 Å². The lowest BCUT2D eigenvalue weighted by Gasteiger charge is -2.11. The Morgan fingerprint density at radius 2 is 1.18 bits per heavy atom. The van der Waals surface area contributed by atoms with Gasteiger partial charge in [-0.25, -0.2) is 0 Å². The molecule has 1 aliphatic carbocycles. The second-order valence-electron chi connectivity index (χ2n) is 8.00. The Labute approximate surface area is 208 Å². The molecule has 4 aromatic carbocycles. The van der Waals surface area contributed by atoms with Crippen LogP contribution in [-0.4, -0.2) is 5.78 Å². The molecule has 1 nitrogen and oxygen atoms in total. The van der Waals surface area contributed by atoms with Crippen molar-refractivity contribution in [3.63, 3.8) is 0 Å². The van der Waals surface area contributed by atoms with Crippen LogP contribution in [0.15, 0.2) is 152 Å². The highest BCUT2D eigenvalue weighted by atomic mass is 32.2. The standard InChI is InChI=1S/C31H25OS2/c32-31(24-10-4-1-5-11-24)25-16-18-26(19-17-25)33-27-20-22-30(23-21-27)34(28-12-6-2-7-13-28)29-14-8-3-9-15-29/h1-2,4-8,10-23H,3,9H2/q+1. The van der Waals surface area contributed by atoms with Crippen LogP contribution in [0.1, 0.15) is 28.8 Å². The molecule has 0 fully saturated rings. The van der Waals surface area contributed by atoms with Crippen LogP contribution in [-0.2, 0) is 10.9 Å². The van der Waals surface area contributed by atoms with Gasteiger partial charge in [0, 0.05) is 20.9 Å². The zero-order valence-electron chi connectivity index (χ0n) is 18.8. The van der Waals surface area contributed by atoms with Crippen LogP contribution in [0.5, 0.6) is 0 Å². The fourth-order valence-corrected chi connectivity index (χ4v) is 6.90. The Balaban J connectivity index is 1.33. The molecule has 0 saturated heterocycles. The van der Waals surface area contributed by atoms with E-state index in [-0.39, 0.29) is 16.7 Å². The van der Waals surface area contributed by atoms with E-state index in [1.807, 2.05) is 54.6 Å². The van der Waals surface area contributed by atoms with Gasteiger partial charge in [-0.2, -0.15) is 0 Å². The molecule has 4 aromatic rings. The van der Waals surface area contributed by atoms with Crippen LogP contribution in [0.25, 0.3) is 0 Å². The van der Waals surface area contributed by atoms with Gasteiger partial charge in [0.25, 0.3) is 0 Å². The van der Waals surface area contributed by atoms with E-state index in [2.05, 4.69) is 72.8 Å². The summed E-state index contributed by atoms with van der Waals surface area (Å²) in [6.07, 6.45) is 9.20. The van der Waals surface area contributed by atoms with Crippen LogP contribution in [0.4, 0.5) is 0 Å². The number of carbonyl (C=O) groups is 1. The molecule has 1 atom stereocenters. The van der Waals surface area contributed by atoms with E-state index in [1.165, 1.54) is 19.6 Å². The zero-order chi connectivity index (χ0) is 23.2. The maximum absolute atomic E-state index is 12.6. The predicted molar refractivity (Wildman–Crippen MR) is 144 cm³/mol. The Bertz CT molecular complexity index is 1310. The van der Waals surface area contributed by atoms with E-state index >= 15 is 0 Å². The largest absolute Gasteiger partial charge is 0.289 e. The summed E-state index contributed by atoms with van der Waals surface area (Å²) in [6.45, 7) is 0. The van der Waals surface area contributed by atoms with Crippen molar-refractivity contribution in [3.8, 4) is 0 Å². The molecular weight excluding hydrogens is 452 g/mol. The molecule has 0 spiro atoms. The van der Waals surface area contributed by atoms with E-state index < -0.39 is 0 Å². The second-order valence-corrected chi connectivity index (χ2v) is 11.2.